The second kappa shape index (κ2) is 5.34. The summed E-state index contributed by atoms with van der Waals surface area (Å²) in [5, 5.41) is 19.7. The summed E-state index contributed by atoms with van der Waals surface area (Å²) >= 11 is 0. The minimum atomic E-state index is -0.525. The molecule has 18 heavy (non-hydrogen) atoms. The van der Waals surface area contributed by atoms with Gasteiger partial charge in [-0.3, -0.25) is 0 Å². The smallest absolute Gasteiger partial charge is 0.0767 e. The Hall–Kier alpha value is -1.64. The number of hydrogen-bond donors (Lipinski definition) is 2. The summed E-state index contributed by atoms with van der Waals surface area (Å²) in [5.41, 5.74) is 3.71. The Labute approximate surface area is 108 Å². The Morgan fingerprint density at radius 2 is 1.00 bits per heavy atom. The molecule has 0 bridgehead atoms. The molecule has 2 N–H and O–H groups in total. The van der Waals surface area contributed by atoms with E-state index in [1.807, 2.05) is 48.5 Å². The predicted molar refractivity (Wildman–Crippen MR) is 73.1 cm³/mol. The molecule has 0 fully saturated rings. The lowest BCUT2D eigenvalue weighted by atomic mass is 9.92. The average molecular weight is 242 g/mol. The predicted octanol–water partition coefficient (Wildman–Crippen LogP) is 3.46. The van der Waals surface area contributed by atoms with Crippen molar-refractivity contribution in [3.05, 3.63) is 59.7 Å². The van der Waals surface area contributed by atoms with Gasteiger partial charge in [0.05, 0.1) is 12.2 Å². The van der Waals surface area contributed by atoms with E-state index in [0.717, 1.165) is 22.3 Å². The molecule has 2 aromatic rings. The molecule has 2 nitrogen and oxygen atoms in total. The van der Waals surface area contributed by atoms with Gasteiger partial charge in [-0.2, -0.15) is 0 Å². The van der Waals surface area contributed by atoms with Crippen LogP contribution in [0.2, 0.25) is 0 Å². The van der Waals surface area contributed by atoms with Crippen LogP contribution in [0.25, 0.3) is 11.1 Å². The van der Waals surface area contributed by atoms with E-state index in [1.165, 1.54) is 0 Å². The highest BCUT2D eigenvalue weighted by Gasteiger charge is 2.13. The SMILES string of the molecule is CC(O)c1ccccc1-c1ccccc1C(C)O. The highest BCUT2D eigenvalue weighted by molar-refractivity contribution is 5.71. The van der Waals surface area contributed by atoms with E-state index >= 15 is 0 Å². The van der Waals surface area contributed by atoms with Crippen LogP contribution in [-0.4, -0.2) is 10.2 Å². The minimum absolute atomic E-state index is 0.525. The molecule has 0 saturated carbocycles. The summed E-state index contributed by atoms with van der Waals surface area (Å²) < 4.78 is 0. The molecule has 0 radical (unpaired) electrons. The average Bonchev–Trinajstić information content (AvgIpc) is 2.38. The van der Waals surface area contributed by atoms with Gasteiger partial charge in [0.2, 0.25) is 0 Å². The van der Waals surface area contributed by atoms with E-state index in [9.17, 15) is 10.2 Å². The molecule has 2 unspecified atom stereocenters. The van der Waals surface area contributed by atoms with Gasteiger partial charge in [0.15, 0.2) is 0 Å². The molecular formula is C16H18O2. The van der Waals surface area contributed by atoms with E-state index in [4.69, 9.17) is 0 Å². The van der Waals surface area contributed by atoms with Gasteiger partial charge in [-0.25, -0.2) is 0 Å². The van der Waals surface area contributed by atoms with Gasteiger partial charge >= 0.3 is 0 Å². The maximum atomic E-state index is 9.83. The van der Waals surface area contributed by atoms with Gasteiger partial charge in [0.1, 0.15) is 0 Å². The molecule has 94 valence electrons. The van der Waals surface area contributed by atoms with Crippen molar-refractivity contribution in [2.24, 2.45) is 0 Å². The molecule has 0 aromatic heterocycles. The lowest BCUT2D eigenvalue weighted by Gasteiger charge is -2.16. The minimum Gasteiger partial charge on any atom is -0.389 e. The summed E-state index contributed by atoms with van der Waals surface area (Å²) in [6, 6.07) is 15.5. The second-order valence-corrected chi connectivity index (χ2v) is 4.53. The molecule has 0 amide bonds. The number of aliphatic hydroxyl groups excluding tert-OH is 2. The third kappa shape index (κ3) is 2.45. The Balaban J connectivity index is 2.62. The van der Waals surface area contributed by atoms with E-state index < -0.39 is 12.2 Å². The normalized spacial score (nSPS) is 14.2. The summed E-state index contributed by atoms with van der Waals surface area (Å²) in [5.74, 6) is 0. The third-order valence-electron chi connectivity index (χ3n) is 3.11. The maximum Gasteiger partial charge on any atom is 0.0767 e. The Morgan fingerprint density at radius 3 is 1.33 bits per heavy atom. The molecule has 0 aliphatic carbocycles. The first kappa shape index (κ1) is 12.8. The van der Waals surface area contributed by atoms with Crippen LogP contribution >= 0.6 is 0 Å². The van der Waals surface area contributed by atoms with Crippen molar-refractivity contribution in [2.45, 2.75) is 26.1 Å². The summed E-state index contributed by atoms with van der Waals surface area (Å²) in [6.07, 6.45) is -1.05. The first-order valence-corrected chi connectivity index (χ1v) is 6.15. The third-order valence-corrected chi connectivity index (χ3v) is 3.11. The van der Waals surface area contributed by atoms with Crippen molar-refractivity contribution in [3.8, 4) is 11.1 Å². The van der Waals surface area contributed by atoms with Gasteiger partial charge in [-0.05, 0) is 36.1 Å². The van der Waals surface area contributed by atoms with Gasteiger partial charge in [0, 0.05) is 0 Å². The van der Waals surface area contributed by atoms with Crippen molar-refractivity contribution in [3.63, 3.8) is 0 Å². The van der Waals surface area contributed by atoms with Gasteiger partial charge in [0.25, 0.3) is 0 Å². The van der Waals surface area contributed by atoms with Crippen molar-refractivity contribution in [1.29, 1.82) is 0 Å². The lowest BCUT2D eigenvalue weighted by molar-refractivity contribution is 0.197. The molecule has 2 heteroatoms. The fraction of sp³-hybridized carbons (Fsp3) is 0.250. The fourth-order valence-electron chi connectivity index (χ4n) is 2.21. The van der Waals surface area contributed by atoms with Crippen LogP contribution in [0, 0.1) is 0 Å². The zero-order chi connectivity index (χ0) is 13.1. The van der Waals surface area contributed by atoms with Gasteiger partial charge in [-0.1, -0.05) is 48.5 Å². The molecule has 2 atom stereocenters. The molecular weight excluding hydrogens is 224 g/mol. The van der Waals surface area contributed by atoms with Crippen molar-refractivity contribution < 1.29 is 10.2 Å². The van der Waals surface area contributed by atoms with Crippen LogP contribution in [0.3, 0.4) is 0 Å². The largest absolute Gasteiger partial charge is 0.389 e. The number of hydrogen-bond acceptors (Lipinski definition) is 2. The first-order valence-electron chi connectivity index (χ1n) is 6.15. The van der Waals surface area contributed by atoms with Gasteiger partial charge in [-0.15, -0.1) is 0 Å². The Morgan fingerprint density at radius 1 is 0.667 bits per heavy atom. The topological polar surface area (TPSA) is 40.5 Å². The van der Waals surface area contributed by atoms with Crippen molar-refractivity contribution >= 4 is 0 Å². The molecule has 0 heterocycles. The van der Waals surface area contributed by atoms with E-state index in [0.29, 0.717) is 0 Å². The maximum absolute atomic E-state index is 9.83. The van der Waals surface area contributed by atoms with E-state index in [1.54, 1.807) is 13.8 Å². The highest BCUT2D eigenvalue weighted by atomic mass is 16.3. The molecule has 2 aromatic carbocycles. The number of rotatable bonds is 3. The summed E-state index contributed by atoms with van der Waals surface area (Å²) in [7, 11) is 0. The summed E-state index contributed by atoms with van der Waals surface area (Å²) in [6.45, 7) is 3.51. The van der Waals surface area contributed by atoms with Gasteiger partial charge < -0.3 is 10.2 Å². The summed E-state index contributed by atoms with van der Waals surface area (Å²) in [4.78, 5) is 0. The zero-order valence-corrected chi connectivity index (χ0v) is 10.7. The van der Waals surface area contributed by atoms with Crippen LogP contribution in [0.15, 0.2) is 48.5 Å². The second-order valence-electron chi connectivity index (χ2n) is 4.53. The van der Waals surface area contributed by atoms with Crippen LogP contribution in [0.4, 0.5) is 0 Å². The molecule has 0 aliphatic rings. The van der Waals surface area contributed by atoms with E-state index in [-0.39, 0.29) is 0 Å². The molecule has 0 saturated heterocycles. The number of benzene rings is 2. The van der Waals surface area contributed by atoms with Crippen LogP contribution in [-0.2, 0) is 0 Å². The van der Waals surface area contributed by atoms with Crippen molar-refractivity contribution in [2.75, 3.05) is 0 Å². The lowest BCUT2D eigenvalue weighted by Crippen LogP contribution is -1.99. The van der Waals surface area contributed by atoms with E-state index in [2.05, 4.69) is 0 Å². The standard InChI is InChI=1S/C16H18O2/c1-11(17)13-7-3-5-9-15(13)16-10-6-4-8-14(16)12(2)18/h3-12,17-18H,1-2H3. The Kier molecular flexibility index (Phi) is 3.80. The highest BCUT2D eigenvalue weighted by Crippen LogP contribution is 2.33. The zero-order valence-electron chi connectivity index (χ0n) is 10.7. The van der Waals surface area contributed by atoms with Crippen LogP contribution in [0.5, 0.6) is 0 Å². The molecule has 2 rings (SSSR count). The molecule has 0 aliphatic heterocycles. The quantitative estimate of drug-likeness (QED) is 0.865. The monoisotopic (exact) mass is 242 g/mol. The van der Waals surface area contributed by atoms with Crippen LogP contribution in [0.1, 0.15) is 37.2 Å². The Bertz CT molecular complexity index is 481. The van der Waals surface area contributed by atoms with Crippen LogP contribution < -0.4 is 0 Å². The van der Waals surface area contributed by atoms with Crippen molar-refractivity contribution in [1.82, 2.24) is 0 Å². The molecule has 0 spiro atoms. The number of aliphatic hydroxyl groups is 2. The fourth-order valence-corrected chi connectivity index (χ4v) is 2.21. The first-order chi connectivity index (χ1) is 8.61.